The van der Waals surface area contributed by atoms with Gasteiger partial charge in [-0.1, -0.05) is 26.5 Å². The molecule has 0 aromatic heterocycles. The molecule has 0 fully saturated rings. The highest BCUT2D eigenvalue weighted by Gasteiger charge is 2.26. The number of allylic oxidation sites excluding steroid dienone is 1. The minimum absolute atomic E-state index is 0.141. The Balaban J connectivity index is 2.86. The van der Waals surface area contributed by atoms with Crippen LogP contribution in [0.25, 0.3) is 0 Å². The van der Waals surface area contributed by atoms with Gasteiger partial charge in [-0.25, -0.2) is 0 Å². The third-order valence-corrected chi connectivity index (χ3v) is 2.53. The third-order valence-electron chi connectivity index (χ3n) is 2.53. The van der Waals surface area contributed by atoms with Crippen molar-refractivity contribution in [3.05, 3.63) is 23.8 Å². The molecule has 11 heavy (non-hydrogen) atoms. The topological polar surface area (TPSA) is 20.2 Å². The van der Waals surface area contributed by atoms with Crippen LogP contribution in [-0.2, 0) is 0 Å². The molecule has 0 aliphatic heterocycles. The minimum Gasteiger partial charge on any atom is -0.392 e. The molecule has 1 N–H and O–H groups in total. The summed E-state index contributed by atoms with van der Waals surface area (Å²) in [7, 11) is 0. The van der Waals surface area contributed by atoms with E-state index < -0.39 is 0 Å². The van der Waals surface area contributed by atoms with E-state index in [0.29, 0.717) is 0 Å². The van der Waals surface area contributed by atoms with Gasteiger partial charge in [0.2, 0.25) is 0 Å². The Hall–Kier alpha value is -0.560. The van der Waals surface area contributed by atoms with Crippen molar-refractivity contribution in [1.29, 1.82) is 0 Å². The van der Waals surface area contributed by atoms with Crippen molar-refractivity contribution < 1.29 is 5.11 Å². The van der Waals surface area contributed by atoms with E-state index >= 15 is 0 Å². The second kappa shape index (κ2) is 2.82. The van der Waals surface area contributed by atoms with Crippen molar-refractivity contribution in [2.75, 3.05) is 6.61 Å². The molecule has 1 rings (SSSR count). The summed E-state index contributed by atoms with van der Waals surface area (Å²) >= 11 is 0. The molecule has 0 saturated heterocycles. The largest absolute Gasteiger partial charge is 0.392 e. The van der Waals surface area contributed by atoms with Gasteiger partial charge in [0.05, 0.1) is 6.61 Å². The molecule has 1 aliphatic carbocycles. The van der Waals surface area contributed by atoms with Gasteiger partial charge in [0, 0.05) is 0 Å². The van der Waals surface area contributed by atoms with Crippen LogP contribution in [0.3, 0.4) is 0 Å². The molecule has 0 radical (unpaired) electrons. The van der Waals surface area contributed by atoms with Gasteiger partial charge in [-0.2, -0.15) is 0 Å². The van der Waals surface area contributed by atoms with Crippen molar-refractivity contribution in [3.8, 4) is 0 Å². The molecular formula is C10H16O. The first-order valence-corrected chi connectivity index (χ1v) is 4.07. The molecular weight excluding hydrogens is 136 g/mol. The van der Waals surface area contributed by atoms with Crippen LogP contribution in [0.15, 0.2) is 23.8 Å². The first-order chi connectivity index (χ1) is 5.08. The van der Waals surface area contributed by atoms with Gasteiger partial charge >= 0.3 is 0 Å². The lowest BCUT2D eigenvalue weighted by Gasteiger charge is -2.31. The molecule has 1 nitrogen and oxygen atoms in total. The summed E-state index contributed by atoms with van der Waals surface area (Å²) in [6.07, 6.45) is 4.31. The molecule has 0 heterocycles. The van der Waals surface area contributed by atoms with E-state index in [-0.39, 0.29) is 12.0 Å². The molecule has 0 unspecified atom stereocenters. The normalized spacial score (nSPS) is 23.2. The fourth-order valence-electron chi connectivity index (χ4n) is 1.48. The zero-order chi connectivity index (χ0) is 8.48. The second-order valence-electron chi connectivity index (χ2n) is 3.79. The molecule has 1 heteroatoms. The Bertz CT molecular complexity index is 199. The fourth-order valence-corrected chi connectivity index (χ4v) is 1.48. The third kappa shape index (κ3) is 1.54. The molecule has 0 saturated carbocycles. The van der Waals surface area contributed by atoms with Crippen LogP contribution in [0.2, 0.25) is 0 Å². The Morgan fingerprint density at radius 1 is 1.64 bits per heavy atom. The molecule has 0 aromatic carbocycles. The zero-order valence-corrected chi connectivity index (χ0v) is 7.35. The van der Waals surface area contributed by atoms with Crippen LogP contribution in [0.5, 0.6) is 0 Å². The van der Waals surface area contributed by atoms with E-state index in [9.17, 15) is 0 Å². The Kier molecular flexibility index (Phi) is 2.19. The maximum Gasteiger partial charge on any atom is 0.0681 e. The summed E-state index contributed by atoms with van der Waals surface area (Å²) < 4.78 is 0. The van der Waals surface area contributed by atoms with Gasteiger partial charge in [0.25, 0.3) is 0 Å². The van der Waals surface area contributed by atoms with Crippen molar-refractivity contribution in [2.24, 2.45) is 5.41 Å². The molecule has 0 spiro atoms. The summed E-state index contributed by atoms with van der Waals surface area (Å²) in [5, 5.41) is 8.96. The average Bonchev–Trinajstić information content (AvgIpc) is 1.95. The van der Waals surface area contributed by atoms with Crippen molar-refractivity contribution in [2.45, 2.75) is 26.7 Å². The van der Waals surface area contributed by atoms with E-state index in [1.165, 1.54) is 0 Å². The molecule has 1 aliphatic rings. The standard InChI is InChI=1S/C10H16O/c1-8-9(7-11)5-4-6-10(8,2)3/h5,11H,1,4,6-7H2,2-3H3. The van der Waals surface area contributed by atoms with Crippen LogP contribution in [0.4, 0.5) is 0 Å². The van der Waals surface area contributed by atoms with Crippen LogP contribution >= 0.6 is 0 Å². The second-order valence-corrected chi connectivity index (χ2v) is 3.79. The number of aliphatic hydroxyl groups excluding tert-OH is 1. The highest BCUT2D eigenvalue weighted by Crippen LogP contribution is 2.38. The predicted molar refractivity (Wildman–Crippen MR) is 47.3 cm³/mol. The van der Waals surface area contributed by atoms with E-state index in [1.807, 2.05) is 0 Å². The molecule has 0 bridgehead atoms. The van der Waals surface area contributed by atoms with Crippen molar-refractivity contribution in [3.63, 3.8) is 0 Å². The van der Waals surface area contributed by atoms with E-state index in [0.717, 1.165) is 24.0 Å². The first-order valence-electron chi connectivity index (χ1n) is 4.07. The highest BCUT2D eigenvalue weighted by atomic mass is 16.3. The quantitative estimate of drug-likeness (QED) is 0.611. The first kappa shape index (κ1) is 8.54. The van der Waals surface area contributed by atoms with Crippen LogP contribution in [-0.4, -0.2) is 11.7 Å². The highest BCUT2D eigenvalue weighted by molar-refractivity contribution is 5.36. The van der Waals surface area contributed by atoms with Crippen LogP contribution in [0.1, 0.15) is 26.7 Å². The summed E-state index contributed by atoms with van der Waals surface area (Å²) in [6.45, 7) is 8.49. The van der Waals surface area contributed by atoms with Gasteiger partial charge in [0.1, 0.15) is 0 Å². The maximum atomic E-state index is 8.96. The van der Waals surface area contributed by atoms with Crippen molar-refractivity contribution in [1.82, 2.24) is 0 Å². The summed E-state index contributed by atoms with van der Waals surface area (Å²) in [5.41, 5.74) is 2.32. The Morgan fingerprint density at radius 3 is 2.73 bits per heavy atom. The lowest BCUT2D eigenvalue weighted by Crippen LogP contribution is -2.20. The number of hydrogen-bond donors (Lipinski definition) is 1. The predicted octanol–water partition coefficient (Wildman–Crippen LogP) is 2.28. The monoisotopic (exact) mass is 152 g/mol. The summed E-state index contributed by atoms with van der Waals surface area (Å²) in [5.74, 6) is 0. The number of aliphatic hydroxyl groups is 1. The van der Waals surface area contributed by atoms with Gasteiger partial charge in [0.15, 0.2) is 0 Å². The molecule has 0 atom stereocenters. The van der Waals surface area contributed by atoms with Gasteiger partial charge in [-0.05, 0) is 29.4 Å². The van der Waals surface area contributed by atoms with E-state index in [2.05, 4.69) is 26.5 Å². The smallest absolute Gasteiger partial charge is 0.0681 e. The SMILES string of the molecule is C=C1C(CO)=CCCC1(C)C. The van der Waals surface area contributed by atoms with E-state index in [4.69, 9.17) is 5.11 Å². The zero-order valence-electron chi connectivity index (χ0n) is 7.35. The lowest BCUT2D eigenvalue weighted by molar-refractivity contribution is 0.314. The van der Waals surface area contributed by atoms with Gasteiger partial charge < -0.3 is 5.11 Å². The number of rotatable bonds is 1. The average molecular weight is 152 g/mol. The minimum atomic E-state index is 0.141. The fraction of sp³-hybridized carbons (Fsp3) is 0.600. The van der Waals surface area contributed by atoms with Crippen molar-refractivity contribution >= 4 is 0 Å². The lowest BCUT2D eigenvalue weighted by atomic mass is 9.74. The van der Waals surface area contributed by atoms with Crippen LogP contribution < -0.4 is 0 Å². The summed E-state index contributed by atoms with van der Waals surface area (Å²) in [6, 6.07) is 0. The Morgan fingerprint density at radius 2 is 2.27 bits per heavy atom. The van der Waals surface area contributed by atoms with Gasteiger partial charge in [-0.3, -0.25) is 0 Å². The molecule has 62 valence electrons. The maximum absolute atomic E-state index is 8.96. The van der Waals surface area contributed by atoms with Crippen LogP contribution in [0, 0.1) is 5.41 Å². The number of hydrogen-bond acceptors (Lipinski definition) is 1. The molecule has 0 amide bonds. The van der Waals surface area contributed by atoms with E-state index in [1.54, 1.807) is 0 Å². The van der Waals surface area contributed by atoms with Gasteiger partial charge in [-0.15, -0.1) is 0 Å². The summed E-state index contributed by atoms with van der Waals surface area (Å²) in [4.78, 5) is 0. The Labute approximate surface area is 68.4 Å². The molecule has 0 aromatic rings.